The number of hydrogen-bond acceptors (Lipinski definition) is 5. The zero-order valence-corrected chi connectivity index (χ0v) is 16.7. The number of fused-ring (bicyclic) bond motifs is 1. The summed E-state index contributed by atoms with van der Waals surface area (Å²) in [5.74, 6) is 0.951. The zero-order valence-electron chi connectivity index (χ0n) is 16.7. The third kappa shape index (κ3) is 4.32. The Hall–Kier alpha value is -2.77. The molecule has 0 saturated carbocycles. The topological polar surface area (TPSA) is 90.0 Å². The van der Waals surface area contributed by atoms with Crippen molar-refractivity contribution in [3.8, 4) is 0 Å². The van der Waals surface area contributed by atoms with Crippen molar-refractivity contribution in [1.82, 2.24) is 34.7 Å². The average Bonchev–Trinajstić information content (AvgIpc) is 3.19. The molecule has 0 radical (unpaired) electrons. The third-order valence-electron chi connectivity index (χ3n) is 4.83. The Morgan fingerprint density at radius 3 is 2.74 bits per heavy atom. The molecule has 1 N–H and O–H groups in total. The highest BCUT2D eigenvalue weighted by molar-refractivity contribution is 5.76. The summed E-state index contributed by atoms with van der Waals surface area (Å²) in [4.78, 5) is 20.9. The van der Waals surface area contributed by atoms with E-state index >= 15 is 0 Å². The van der Waals surface area contributed by atoms with Crippen molar-refractivity contribution in [2.24, 2.45) is 5.92 Å². The SMILES string of the molecule is Cc1cc(C)n(CC(C)CNC(=O)CCc2c(C)nc3ncnn3c2C)n1. The average molecular weight is 369 g/mol. The minimum atomic E-state index is 0.0488. The summed E-state index contributed by atoms with van der Waals surface area (Å²) in [6.45, 7) is 11.5. The Morgan fingerprint density at radius 1 is 1.26 bits per heavy atom. The molecule has 8 nitrogen and oxygen atoms in total. The van der Waals surface area contributed by atoms with Crippen LogP contribution in [0.5, 0.6) is 0 Å². The first-order valence-corrected chi connectivity index (χ1v) is 9.28. The van der Waals surface area contributed by atoms with E-state index < -0.39 is 0 Å². The van der Waals surface area contributed by atoms with E-state index in [1.54, 1.807) is 4.52 Å². The highest BCUT2D eigenvalue weighted by atomic mass is 16.1. The largest absolute Gasteiger partial charge is 0.356 e. The monoisotopic (exact) mass is 369 g/mol. The van der Waals surface area contributed by atoms with Gasteiger partial charge in [0.25, 0.3) is 5.78 Å². The van der Waals surface area contributed by atoms with E-state index in [9.17, 15) is 4.79 Å². The van der Waals surface area contributed by atoms with E-state index in [-0.39, 0.29) is 5.91 Å². The molecule has 1 atom stereocenters. The van der Waals surface area contributed by atoms with Crippen molar-refractivity contribution in [3.63, 3.8) is 0 Å². The highest BCUT2D eigenvalue weighted by Gasteiger charge is 2.13. The molecule has 8 heteroatoms. The molecule has 0 bridgehead atoms. The van der Waals surface area contributed by atoms with Crippen LogP contribution in [-0.2, 0) is 17.8 Å². The number of amides is 1. The Kier molecular flexibility index (Phi) is 5.53. The van der Waals surface area contributed by atoms with E-state index in [1.165, 1.54) is 6.33 Å². The molecule has 3 aromatic rings. The molecule has 0 saturated heterocycles. The second-order valence-corrected chi connectivity index (χ2v) is 7.25. The zero-order chi connectivity index (χ0) is 19.6. The number of aromatic nitrogens is 6. The summed E-state index contributed by atoms with van der Waals surface area (Å²) in [5, 5.41) is 11.7. The fourth-order valence-electron chi connectivity index (χ4n) is 3.35. The van der Waals surface area contributed by atoms with Crippen LogP contribution in [-0.4, -0.2) is 41.8 Å². The number of hydrogen-bond donors (Lipinski definition) is 1. The second kappa shape index (κ2) is 7.85. The number of aryl methyl sites for hydroxylation is 4. The van der Waals surface area contributed by atoms with E-state index in [4.69, 9.17) is 0 Å². The molecular formula is C19H27N7O. The molecule has 0 aromatic carbocycles. The Labute approximate surface area is 159 Å². The van der Waals surface area contributed by atoms with Gasteiger partial charge >= 0.3 is 0 Å². The summed E-state index contributed by atoms with van der Waals surface area (Å²) >= 11 is 0. The van der Waals surface area contributed by atoms with Crippen LogP contribution < -0.4 is 5.32 Å². The van der Waals surface area contributed by atoms with Gasteiger partial charge in [-0.25, -0.2) is 9.50 Å². The predicted octanol–water partition coefficient (Wildman–Crippen LogP) is 1.94. The third-order valence-corrected chi connectivity index (χ3v) is 4.83. The van der Waals surface area contributed by atoms with Crippen LogP contribution in [0.1, 0.15) is 41.7 Å². The van der Waals surface area contributed by atoms with Gasteiger partial charge < -0.3 is 5.32 Å². The number of carbonyl (C=O) groups excluding carboxylic acids is 1. The highest BCUT2D eigenvalue weighted by Crippen LogP contribution is 2.15. The second-order valence-electron chi connectivity index (χ2n) is 7.25. The van der Waals surface area contributed by atoms with Gasteiger partial charge in [0.15, 0.2) is 0 Å². The van der Waals surface area contributed by atoms with Crippen molar-refractivity contribution in [3.05, 3.63) is 40.7 Å². The standard InChI is InChI=1S/C19H27N7O/c1-12(10-25-14(3)8-13(2)24-25)9-20-18(27)7-6-17-15(4)23-19-21-11-22-26(19)16(17)5/h8,11-12H,6-7,9-10H2,1-5H3,(H,20,27). The Balaban J connectivity index is 1.52. The lowest BCUT2D eigenvalue weighted by molar-refractivity contribution is -0.121. The molecule has 1 amide bonds. The van der Waals surface area contributed by atoms with Crippen LogP contribution >= 0.6 is 0 Å². The Morgan fingerprint density at radius 2 is 2.04 bits per heavy atom. The smallest absolute Gasteiger partial charge is 0.252 e. The summed E-state index contributed by atoms with van der Waals surface area (Å²) in [6, 6.07) is 2.07. The fraction of sp³-hybridized carbons (Fsp3) is 0.526. The maximum absolute atomic E-state index is 12.3. The fourth-order valence-corrected chi connectivity index (χ4v) is 3.35. The van der Waals surface area contributed by atoms with Crippen LogP contribution in [0.4, 0.5) is 0 Å². The van der Waals surface area contributed by atoms with Gasteiger partial charge in [0.2, 0.25) is 5.91 Å². The lowest BCUT2D eigenvalue weighted by Gasteiger charge is -2.14. The van der Waals surface area contributed by atoms with Gasteiger partial charge in [0, 0.05) is 36.6 Å². The van der Waals surface area contributed by atoms with Crippen LogP contribution in [0.15, 0.2) is 12.4 Å². The predicted molar refractivity (Wildman–Crippen MR) is 102 cm³/mol. The number of nitrogens with one attached hydrogen (secondary N) is 1. The van der Waals surface area contributed by atoms with Gasteiger partial charge in [-0.3, -0.25) is 9.48 Å². The molecule has 0 aliphatic heterocycles. The van der Waals surface area contributed by atoms with Crippen LogP contribution in [0.25, 0.3) is 5.78 Å². The lowest BCUT2D eigenvalue weighted by atomic mass is 10.1. The minimum absolute atomic E-state index is 0.0488. The first-order chi connectivity index (χ1) is 12.8. The molecule has 0 spiro atoms. The lowest BCUT2D eigenvalue weighted by Crippen LogP contribution is -2.30. The summed E-state index contributed by atoms with van der Waals surface area (Å²) in [7, 11) is 0. The van der Waals surface area contributed by atoms with Gasteiger partial charge in [-0.15, -0.1) is 0 Å². The molecular weight excluding hydrogens is 342 g/mol. The molecule has 3 rings (SSSR count). The van der Waals surface area contributed by atoms with Gasteiger partial charge in [0.05, 0.1) is 5.69 Å². The quantitative estimate of drug-likeness (QED) is 0.687. The number of rotatable bonds is 7. The first-order valence-electron chi connectivity index (χ1n) is 9.28. The molecule has 3 heterocycles. The number of nitrogens with zero attached hydrogens (tertiary/aromatic N) is 6. The molecule has 144 valence electrons. The van der Waals surface area contributed by atoms with Crippen molar-refractivity contribution >= 4 is 11.7 Å². The van der Waals surface area contributed by atoms with Gasteiger partial charge in [0.1, 0.15) is 6.33 Å². The van der Waals surface area contributed by atoms with E-state index in [0.29, 0.717) is 31.1 Å². The molecule has 1 unspecified atom stereocenters. The van der Waals surface area contributed by atoms with E-state index in [1.807, 2.05) is 25.5 Å². The van der Waals surface area contributed by atoms with E-state index in [0.717, 1.165) is 34.9 Å². The van der Waals surface area contributed by atoms with Crippen LogP contribution in [0.3, 0.4) is 0 Å². The molecule has 0 aliphatic carbocycles. The first kappa shape index (κ1) is 19.0. The summed E-state index contributed by atoms with van der Waals surface area (Å²) < 4.78 is 3.72. The minimum Gasteiger partial charge on any atom is -0.356 e. The summed E-state index contributed by atoms with van der Waals surface area (Å²) in [5.41, 5.74) is 5.11. The van der Waals surface area contributed by atoms with Gasteiger partial charge in [-0.05, 0) is 51.7 Å². The molecule has 0 aliphatic rings. The van der Waals surface area contributed by atoms with Crippen molar-refractivity contribution in [2.75, 3.05) is 6.54 Å². The van der Waals surface area contributed by atoms with E-state index in [2.05, 4.69) is 45.4 Å². The summed E-state index contributed by atoms with van der Waals surface area (Å²) in [6.07, 6.45) is 2.56. The van der Waals surface area contributed by atoms with Crippen LogP contribution in [0.2, 0.25) is 0 Å². The number of carbonyl (C=O) groups is 1. The van der Waals surface area contributed by atoms with Crippen molar-refractivity contribution in [1.29, 1.82) is 0 Å². The van der Waals surface area contributed by atoms with Crippen molar-refractivity contribution in [2.45, 2.75) is 54.0 Å². The Bertz CT molecular complexity index is 957. The van der Waals surface area contributed by atoms with Gasteiger partial charge in [-0.2, -0.15) is 15.2 Å². The molecule has 27 heavy (non-hydrogen) atoms. The molecule has 0 fully saturated rings. The maximum Gasteiger partial charge on any atom is 0.252 e. The van der Waals surface area contributed by atoms with Crippen LogP contribution in [0, 0.1) is 33.6 Å². The van der Waals surface area contributed by atoms with Crippen molar-refractivity contribution < 1.29 is 4.79 Å². The molecule has 3 aromatic heterocycles. The maximum atomic E-state index is 12.3. The van der Waals surface area contributed by atoms with Gasteiger partial charge in [-0.1, -0.05) is 6.92 Å². The normalized spacial score (nSPS) is 12.5.